The van der Waals surface area contributed by atoms with Gasteiger partial charge in [0, 0.05) is 12.0 Å². The third-order valence-corrected chi connectivity index (χ3v) is 5.67. The average Bonchev–Trinajstić information content (AvgIpc) is 2.57. The van der Waals surface area contributed by atoms with E-state index in [-0.39, 0.29) is 17.4 Å². The van der Waals surface area contributed by atoms with E-state index in [2.05, 4.69) is 6.92 Å². The largest absolute Gasteiger partial charge is 0.389 e. The molecule has 0 heterocycles. The first-order chi connectivity index (χ1) is 12.2. The van der Waals surface area contributed by atoms with Gasteiger partial charge in [-0.1, -0.05) is 73.1 Å². The Labute approximate surface area is 157 Å². The average molecular weight is 373 g/mol. The van der Waals surface area contributed by atoms with Gasteiger partial charge in [0.2, 0.25) is 0 Å². The Kier molecular flexibility index (Phi) is 9.15. The molecule has 0 spiro atoms. The highest BCUT2D eigenvalue weighted by Gasteiger charge is 2.44. The summed E-state index contributed by atoms with van der Waals surface area (Å²) in [6, 6.07) is 1.53. The molecule has 1 rings (SSSR count). The third-order valence-electron chi connectivity index (χ3n) is 5.67. The second-order valence-corrected chi connectivity index (χ2v) is 8.09. The van der Waals surface area contributed by atoms with Gasteiger partial charge in [0.15, 0.2) is 11.6 Å². The molecule has 1 unspecified atom stereocenters. The number of aliphatic hydroxyl groups is 1. The van der Waals surface area contributed by atoms with Crippen LogP contribution in [0.4, 0.5) is 13.2 Å². The van der Waals surface area contributed by atoms with Gasteiger partial charge in [0.05, 0.1) is 5.60 Å². The van der Waals surface area contributed by atoms with Crippen molar-refractivity contribution in [2.24, 2.45) is 11.8 Å². The first-order valence-corrected chi connectivity index (χ1v) is 10.0. The molecule has 0 aliphatic heterocycles. The molecule has 0 saturated heterocycles. The van der Waals surface area contributed by atoms with Crippen molar-refractivity contribution in [1.29, 1.82) is 0 Å². The van der Waals surface area contributed by atoms with Crippen molar-refractivity contribution in [3.05, 3.63) is 35.1 Å². The number of rotatable bonds is 11. The van der Waals surface area contributed by atoms with Crippen molar-refractivity contribution in [3.63, 3.8) is 0 Å². The van der Waals surface area contributed by atoms with Gasteiger partial charge in [-0.05, 0) is 29.9 Å². The zero-order valence-corrected chi connectivity index (χ0v) is 16.9. The van der Waals surface area contributed by atoms with Gasteiger partial charge in [0.25, 0.3) is 0 Å². The number of hydrogen-bond donors (Lipinski definition) is 1. The minimum atomic E-state index is -1.19. The summed E-state index contributed by atoms with van der Waals surface area (Å²) in [4.78, 5) is 0. The van der Waals surface area contributed by atoms with Gasteiger partial charge in [-0.25, -0.2) is 13.2 Å². The normalized spacial score (nSPS) is 13.7. The molecule has 4 heteroatoms. The zero-order valence-electron chi connectivity index (χ0n) is 16.9. The van der Waals surface area contributed by atoms with Crippen LogP contribution in [0.2, 0.25) is 0 Å². The van der Waals surface area contributed by atoms with E-state index in [1.54, 1.807) is 0 Å². The summed E-state index contributed by atoms with van der Waals surface area (Å²) in [5.74, 6) is -3.88. The molecule has 1 N–H and O–H groups in total. The first-order valence-electron chi connectivity index (χ1n) is 10.0. The van der Waals surface area contributed by atoms with Crippen LogP contribution in [0.25, 0.3) is 0 Å². The molecule has 0 bridgehead atoms. The Morgan fingerprint density at radius 2 is 1.31 bits per heavy atom. The Morgan fingerprint density at radius 3 is 1.85 bits per heavy atom. The van der Waals surface area contributed by atoms with Crippen LogP contribution in [0.5, 0.6) is 0 Å². The van der Waals surface area contributed by atoms with Crippen molar-refractivity contribution in [1.82, 2.24) is 0 Å². The van der Waals surface area contributed by atoms with E-state index in [1.807, 2.05) is 27.7 Å². The Balaban J connectivity index is 3.12. The lowest BCUT2D eigenvalue weighted by Crippen LogP contribution is -2.46. The Hall–Kier alpha value is -1.03. The minimum absolute atomic E-state index is 0.0855. The highest BCUT2D eigenvalue weighted by Crippen LogP contribution is 2.44. The smallest absolute Gasteiger partial charge is 0.161 e. The van der Waals surface area contributed by atoms with E-state index in [1.165, 1.54) is 19.3 Å². The summed E-state index contributed by atoms with van der Waals surface area (Å²) < 4.78 is 41.7. The van der Waals surface area contributed by atoms with Crippen molar-refractivity contribution in [3.8, 4) is 0 Å². The van der Waals surface area contributed by atoms with Gasteiger partial charge >= 0.3 is 0 Å². The molecule has 0 amide bonds. The zero-order chi connectivity index (χ0) is 19.9. The Bertz CT molecular complexity index is 547. The predicted molar refractivity (Wildman–Crippen MR) is 102 cm³/mol. The van der Waals surface area contributed by atoms with Gasteiger partial charge in [0.1, 0.15) is 5.82 Å². The molecular weight excluding hydrogens is 337 g/mol. The Morgan fingerprint density at radius 1 is 0.808 bits per heavy atom. The monoisotopic (exact) mass is 372 g/mol. The van der Waals surface area contributed by atoms with Crippen LogP contribution >= 0.6 is 0 Å². The van der Waals surface area contributed by atoms with E-state index >= 15 is 0 Å². The van der Waals surface area contributed by atoms with E-state index in [9.17, 15) is 18.3 Å². The van der Waals surface area contributed by atoms with Gasteiger partial charge in [-0.3, -0.25) is 0 Å². The van der Waals surface area contributed by atoms with Crippen molar-refractivity contribution >= 4 is 0 Å². The summed E-state index contributed by atoms with van der Waals surface area (Å²) in [5.41, 5.74) is -1.10. The molecule has 1 aromatic carbocycles. The molecule has 0 aromatic heterocycles. The van der Waals surface area contributed by atoms with Crippen LogP contribution in [0.15, 0.2) is 12.1 Å². The van der Waals surface area contributed by atoms with Crippen LogP contribution in [0.3, 0.4) is 0 Å². The molecule has 0 radical (unpaired) electrons. The number of hydrogen-bond acceptors (Lipinski definition) is 1. The molecule has 1 atom stereocenters. The molecule has 0 aliphatic carbocycles. The summed E-state index contributed by atoms with van der Waals surface area (Å²) in [7, 11) is 0. The third kappa shape index (κ3) is 5.48. The highest BCUT2D eigenvalue weighted by atomic mass is 19.2. The maximum absolute atomic E-state index is 14.5. The molecular formula is C22H35F3O. The fourth-order valence-corrected chi connectivity index (χ4v) is 4.04. The topological polar surface area (TPSA) is 20.2 Å². The van der Waals surface area contributed by atoms with Crippen LogP contribution in [0.1, 0.15) is 91.0 Å². The van der Waals surface area contributed by atoms with Crippen molar-refractivity contribution < 1.29 is 18.3 Å². The van der Waals surface area contributed by atoms with Crippen molar-refractivity contribution in [2.45, 2.75) is 91.1 Å². The quantitative estimate of drug-likeness (QED) is 0.328. The fraction of sp³-hybridized carbons (Fsp3) is 0.727. The van der Waals surface area contributed by atoms with Crippen LogP contribution in [0, 0.1) is 29.3 Å². The highest BCUT2D eigenvalue weighted by molar-refractivity contribution is 5.27. The fourth-order valence-electron chi connectivity index (χ4n) is 4.04. The lowest BCUT2D eigenvalue weighted by molar-refractivity contribution is -0.0739. The maximum Gasteiger partial charge on any atom is 0.161 e. The summed E-state index contributed by atoms with van der Waals surface area (Å²) in [6.07, 6.45) is 7.01. The predicted octanol–water partition coefficient (Wildman–Crippen LogP) is 6.98. The molecule has 0 aliphatic rings. The van der Waals surface area contributed by atoms with Gasteiger partial charge in [-0.2, -0.15) is 0 Å². The van der Waals surface area contributed by atoms with Gasteiger partial charge in [-0.15, -0.1) is 0 Å². The van der Waals surface area contributed by atoms with Crippen molar-refractivity contribution in [2.75, 3.05) is 0 Å². The van der Waals surface area contributed by atoms with E-state index in [4.69, 9.17) is 0 Å². The number of benzene rings is 1. The molecule has 26 heavy (non-hydrogen) atoms. The molecule has 1 aromatic rings. The van der Waals surface area contributed by atoms with E-state index in [0.717, 1.165) is 25.3 Å². The number of unbranched alkanes of at least 4 members (excludes halogenated alkanes) is 5. The number of halogens is 3. The lowest BCUT2D eigenvalue weighted by Gasteiger charge is -2.43. The van der Waals surface area contributed by atoms with Gasteiger partial charge < -0.3 is 5.11 Å². The van der Waals surface area contributed by atoms with Crippen LogP contribution in [-0.2, 0) is 0 Å². The van der Waals surface area contributed by atoms with E-state index in [0.29, 0.717) is 12.5 Å². The summed E-state index contributed by atoms with van der Waals surface area (Å²) >= 11 is 0. The van der Waals surface area contributed by atoms with E-state index < -0.39 is 29.0 Å². The minimum Gasteiger partial charge on any atom is -0.389 e. The lowest BCUT2D eigenvalue weighted by atomic mass is 9.67. The SMILES string of the molecule is CCCCCCCCC(c1cc(F)c(F)cc1F)C(O)(C(C)C)C(C)C. The molecule has 0 fully saturated rings. The second kappa shape index (κ2) is 10.3. The van der Waals surface area contributed by atoms with Crippen LogP contribution in [-0.4, -0.2) is 10.7 Å². The standard InChI is InChI=1S/C22H35F3O/c1-6-7-8-9-10-11-12-18(22(26,15(2)3)16(4)5)17-13-20(24)21(25)14-19(17)23/h13-16,18,26H,6-12H2,1-5H3. The molecule has 150 valence electrons. The maximum atomic E-state index is 14.5. The molecule has 1 nitrogen and oxygen atoms in total. The summed E-state index contributed by atoms with van der Waals surface area (Å²) in [5, 5.41) is 11.4. The first kappa shape index (κ1) is 23.0. The van der Waals surface area contributed by atoms with Crippen LogP contribution < -0.4 is 0 Å². The molecule has 0 saturated carbocycles. The second-order valence-electron chi connectivity index (χ2n) is 8.09. The summed E-state index contributed by atoms with van der Waals surface area (Å²) in [6.45, 7) is 9.74.